The molecule has 0 spiro atoms. The molecule has 1 aliphatic heterocycles. The van der Waals surface area contributed by atoms with Crippen molar-refractivity contribution in [3.63, 3.8) is 0 Å². The summed E-state index contributed by atoms with van der Waals surface area (Å²) in [5, 5.41) is 11.2. The van der Waals surface area contributed by atoms with E-state index in [-0.39, 0.29) is 41.3 Å². The molecule has 3 aliphatic carbocycles. The number of ether oxygens (including phenoxy) is 1. The van der Waals surface area contributed by atoms with Gasteiger partial charge >= 0.3 is 0 Å². The molecule has 0 radical (unpaired) electrons. The van der Waals surface area contributed by atoms with E-state index >= 15 is 0 Å². The molecular weight excluding hydrogens is 550 g/mol. The Labute approximate surface area is 227 Å². The maximum atomic E-state index is 13.9. The molecular formula is C30H24BrNO6. The zero-order valence-electron chi connectivity index (χ0n) is 20.7. The molecule has 1 saturated heterocycles. The van der Waals surface area contributed by atoms with Crippen molar-refractivity contribution in [3.8, 4) is 11.5 Å². The number of carbonyl (C=O) groups is 4. The molecule has 2 amide bonds. The first-order valence-electron chi connectivity index (χ1n) is 12.4. The van der Waals surface area contributed by atoms with Gasteiger partial charge in [-0.25, -0.2) is 0 Å². The van der Waals surface area contributed by atoms with Gasteiger partial charge in [0.15, 0.2) is 23.1 Å². The maximum absolute atomic E-state index is 13.9. The van der Waals surface area contributed by atoms with Crippen molar-refractivity contribution in [1.29, 1.82) is 0 Å². The van der Waals surface area contributed by atoms with E-state index in [0.29, 0.717) is 38.9 Å². The lowest BCUT2D eigenvalue weighted by Gasteiger charge is -2.42. The van der Waals surface area contributed by atoms with Crippen molar-refractivity contribution in [2.24, 2.45) is 17.8 Å². The minimum atomic E-state index is -0.759. The Bertz CT molecular complexity index is 1540. The number of benzene rings is 2. The normalized spacial score (nSPS) is 26.6. The van der Waals surface area contributed by atoms with Crippen LogP contribution in [-0.2, 0) is 19.2 Å². The Hall–Kier alpha value is -3.78. The van der Waals surface area contributed by atoms with E-state index in [1.807, 2.05) is 12.1 Å². The number of anilines is 1. The second-order valence-corrected chi connectivity index (χ2v) is 11.0. The number of carbonyl (C=O) groups excluding carboxylic acids is 4. The van der Waals surface area contributed by atoms with E-state index in [1.165, 1.54) is 18.1 Å². The molecule has 1 fully saturated rings. The molecule has 6 rings (SSSR count). The molecule has 38 heavy (non-hydrogen) atoms. The Kier molecular flexibility index (Phi) is 5.76. The molecule has 4 aliphatic rings. The molecule has 2 aromatic rings. The van der Waals surface area contributed by atoms with Gasteiger partial charge in [0.2, 0.25) is 11.8 Å². The van der Waals surface area contributed by atoms with Gasteiger partial charge in [0.25, 0.3) is 0 Å². The lowest BCUT2D eigenvalue weighted by atomic mass is 9.59. The Morgan fingerprint density at radius 2 is 1.76 bits per heavy atom. The summed E-state index contributed by atoms with van der Waals surface area (Å²) in [7, 11) is 1.44. The number of rotatable bonds is 3. The van der Waals surface area contributed by atoms with Gasteiger partial charge in [-0.3, -0.25) is 24.1 Å². The quantitative estimate of drug-likeness (QED) is 0.321. The Morgan fingerprint density at radius 3 is 2.47 bits per heavy atom. The molecule has 2 aromatic carbocycles. The highest BCUT2D eigenvalue weighted by atomic mass is 79.9. The third kappa shape index (κ3) is 3.46. The number of hydrogen-bond acceptors (Lipinski definition) is 6. The Morgan fingerprint density at radius 1 is 1.03 bits per heavy atom. The molecule has 0 aromatic heterocycles. The number of imide groups is 1. The van der Waals surface area contributed by atoms with Crippen LogP contribution >= 0.6 is 15.9 Å². The highest BCUT2D eigenvalue weighted by Crippen LogP contribution is 2.57. The van der Waals surface area contributed by atoms with Crippen LogP contribution < -0.4 is 9.64 Å². The molecule has 192 valence electrons. The standard InChI is InChI=1S/C30H24BrNO6/c1-14-10-22(33)26-21(27(14)34)13-19-17(24(26)20-11-15(31)12-23(38-2)28(20)35)8-9-18-25(19)30(37)32(29(18)36)16-6-4-3-5-7-16/h3-8,10-12,18-19,24-25,35H,9,13H2,1-2H3. The van der Waals surface area contributed by atoms with Crippen molar-refractivity contribution < 1.29 is 29.0 Å². The van der Waals surface area contributed by atoms with Crippen LogP contribution in [0.2, 0.25) is 0 Å². The van der Waals surface area contributed by atoms with Crippen molar-refractivity contribution in [1.82, 2.24) is 0 Å². The van der Waals surface area contributed by atoms with Gasteiger partial charge in [-0.05, 0) is 56.0 Å². The van der Waals surface area contributed by atoms with Crippen LogP contribution in [0.4, 0.5) is 5.69 Å². The van der Waals surface area contributed by atoms with Crippen molar-refractivity contribution in [3.05, 3.63) is 86.9 Å². The first-order chi connectivity index (χ1) is 18.2. The number of nitrogens with zero attached hydrogens (tertiary/aromatic N) is 1. The van der Waals surface area contributed by atoms with Gasteiger partial charge in [-0.1, -0.05) is 45.8 Å². The average molecular weight is 574 g/mol. The number of phenols is 1. The zero-order valence-corrected chi connectivity index (χ0v) is 22.3. The van der Waals surface area contributed by atoms with E-state index in [9.17, 15) is 24.3 Å². The van der Waals surface area contributed by atoms with Crippen molar-refractivity contribution in [2.75, 3.05) is 12.0 Å². The summed E-state index contributed by atoms with van der Waals surface area (Å²) in [4.78, 5) is 55.4. The van der Waals surface area contributed by atoms with Gasteiger partial charge in [0.05, 0.1) is 24.6 Å². The number of methoxy groups -OCH3 is 1. The lowest BCUT2D eigenvalue weighted by Crippen LogP contribution is -2.39. The maximum Gasteiger partial charge on any atom is 0.238 e. The molecule has 7 nitrogen and oxygen atoms in total. The van der Waals surface area contributed by atoms with Gasteiger partial charge in [0, 0.05) is 32.7 Å². The fourth-order valence-corrected chi connectivity index (χ4v) is 6.99. The lowest BCUT2D eigenvalue weighted by molar-refractivity contribution is -0.123. The summed E-state index contributed by atoms with van der Waals surface area (Å²) in [5.41, 5.74) is 2.69. The number of fused-ring (bicyclic) bond motifs is 3. The summed E-state index contributed by atoms with van der Waals surface area (Å²) >= 11 is 3.47. The molecule has 0 saturated carbocycles. The Balaban J connectivity index is 1.54. The van der Waals surface area contributed by atoms with E-state index in [2.05, 4.69) is 15.9 Å². The number of halogens is 1. The van der Waals surface area contributed by atoms with Crippen LogP contribution in [-0.4, -0.2) is 35.6 Å². The predicted octanol–water partition coefficient (Wildman–Crippen LogP) is 4.80. The minimum absolute atomic E-state index is 0.137. The predicted molar refractivity (Wildman–Crippen MR) is 143 cm³/mol. The fourth-order valence-electron chi connectivity index (χ4n) is 6.54. The van der Waals surface area contributed by atoms with E-state index in [1.54, 1.807) is 43.3 Å². The van der Waals surface area contributed by atoms with Crippen LogP contribution in [0.5, 0.6) is 11.5 Å². The average Bonchev–Trinajstić information content (AvgIpc) is 3.17. The molecule has 1 heterocycles. The molecule has 0 bridgehead atoms. The number of aromatic hydroxyl groups is 1. The number of phenolic OH excluding ortho intramolecular Hbond substituents is 1. The SMILES string of the molecule is COc1cc(Br)cc(C2C3=CCC4C(=O)N(c5ccccc5)C(=O)C4C3CC3=C2C(=O)C=C(C)C3=O)c1O. The van der Waals surface area contributed by atoms with Crippen molar-refractivity contribution in [2.45, 2.75) is 25.7 Å². The smallest absolute Gasteiger partial charge is 0.238 e. The summed E-state index contributed by atoms with van der Waals surface area (Å²) < 4.78 is 6.00. The summed E-state index contributed by atoms with van der Waals surface area (Å²) in [6.45, 7) is 1.61. The zero-order chi connectivity index (χ0) is 26.9. The van der Waals surface area contributed by atoms with Crippen LogP contribution in [0, 0.1) is 17.8 Å². The summed E-state index contributed by atoms with van der Waals surface area (Å²) in [6, 6.07) is 12.2. The summed E-state index contributed by atoms with van der Waals surface area (Å²) in [5.74, 6) is -3.49. The van der Waals surface area contributed by atoms with Gasteiger partial charge in [-0.15, -0.1) is 0 Å². The number of Topliss-reactive ketones (excluding diaryl/α,β-unsaturated/α-hetero) is 1. The number of para-hydroxylation sites is 1. The third-order valence-corrected chi connectivity index (χ3v) is 8.63. The number of allylic oxidation sites excluding steroid dienone is 6. The first kappa shape index (κ1) is 24.6. The minimum Gasteiger partial charge on any atom is -0.504 e. The molecule has 1 N–H and O–H groups in total. The molecule has 4 atom stereocenters. The second-order valence-electron chi connectivity index (χ2n) is 10.1. The highest BCUT2D eigenvalue weighted by Gasteiger charge is 2.56. The van der Waals surface area contributed by atoms with E-state index < -0.39 is 23.7 Å². The van der Waals surface area contributed by atoms with Gasteiger partial charge in [0.1, 0.15) is 0 Å². The number of amides is 2. The number of hydrogen-bond donors (Lipinski definition) is 1. The van der Waals surface area contributed by atoms with Gasteiger partial charge in [-0.2, -0.15) is 0 Å². The van der Waals surface area contributed by atoms with Crippen molar-refractivity contribution >= 4 is 45.0 Å². The van der Waals surface area contributed by atoms with Crippen LogP contribution in [0.1, 0.15) is 31.2 Å². The summed E-state index contributed by atoms with van der Waals surface area (Å²) in [6.07, 6.45) is 3.78. The van der Waals surface area contributed by atoms with Gasteiger partial charge < -0.3 is 9.84 Å². The second kappa shape index (κ2) is 8.91. The molecule has 4 unspecified atom stereocenters. The molecule has 8 heteroatoms. The van der Waals surface area contributed by atoms with Crippen LogP contribution in [0.15, 0.2) is 81.4 Å². The topological polar surface area (TPSA) is 101 Å². The monoisotopic (exact) mass is 573 g/mol. The first-order valence-corrected chi connectivity index (χ1v) is 13.2. The number of ketones is 2. The fraction of sp³-hybridized carbons (Fsp3) is 0.267. The van der Waals surface area contributed by atoms with Crippen LogP contribution in [0.3, 0.4) is 0 Å². The third-order valence-electron chi connectivity index (χ3n) is 8.18. The largest absolute Gasteiger partial charge is 0.504 e. The van der Waals surface area contributed by atoms with E-state index in [4.69, 9.17) is 4.74 Å². The van der Waals surface area contributed by atoms with E-state index in [0.717, 1.165) is 5.57 Å². The van der Waals surface area contributed by atoms with Crippen LogP contribution in [0.25, 0.3) is 0 Å². The highest BCUT2D eigenvalue weighted by molar-refractivity contribution is 9.10.